The van der Waals surface area contributed by atoms with E-state index in [1.807, 2.05) is 0 Å². The highest BCUT2D eigenvalue weighted by atomic mass is 16.4. The van der Waals surface area contributed by atoms with Gasteiger partial charge in [-0.2, -0.15) is 0 Å². The molecule has 0 aromatic rings. The van der Waals surface area contributed by atoms with Crippen molar-refractivity contribution >= 4 is 5.97 Å². The third-order valence-electron chi connectivity index (χ3n) is 4.42. The maximum atomic E-state index is 11.3. The van der Waals surface area contributed by atoms with E-state index in [-0.39, 0.29) is 5.92 Å². The van der Waals surface area contributed by atoms with Gasteiger partial charge in [-0.3, -0.25) is 0 Å². The number of aliphatic hydroxyl groups is 1. The van der Waals surface area contributed by atoms with Crippen LogP contribution < -0.4 is 5.11 Å². The molecule has 0 radical (unpaired) electrons. The zero-order valence-corrected chi connectivity index (χ0v) is 9.78. The minimum absolute atomic E-state index is 0.141. The summed E-state index contributed by atoms with van der Waals surface area (Å²) in [6.45, 7) is 0. The molecule has 2 aliphatic carbocycles. The molecule has 2 fully saturated rings. The van der Waals surface area contributed by atoms with E-state index in [1.165, 1.54) is 6.42 Å². The van der Waals surface area contributed by atoms with Crippen molar-refractivity contribution in [2.24, 2.45) is 11.8 Å². The van der Waals surface area contributed by atoms with Crippen molar-refractivity contribution < 1.29 is 15.0 Å². The van der Waals surface area contributed by atoms with Crippen LogP contribution in [-0.2, 0) is 4.79 Å². The number of rotatable bonds is 3. The quantitative estimate of drug-likeness (QED) is 0.786. The molecular formula is C13H21O3-. The Morgan fingerprint density at radius 1 is 1.12 bits per heavy atom. The summed E-state index contributed by atoms with van der Waals surface area (Å²) in [5.41, 5.74) is -0.971. The number of carboxylic acid groups (broad SMARTS) is 1. The molecule has 0 amide bonds. The second-order valence-electron chi connectivity index (χ2n) is 5.51. The average Bonchev–Trinajstić information content (AvgIpc) is 2.67. The lowest BCUT2D eigenvalue weighted by Crippen LogP contribution is -2.50. The van der Waals surface area contributed by atoms with Gasteiger partial charge in [0.05, 0.1) is 5.60 Å². The van der Waals surface area contributed by atoms with Gasteiger partial charge < -0.3 is 15.0 Å². The molecule has 0 spiro atoms. The Balaban J connectivity index is 2.12. The van der Waals surface area contributed by atoms with Crippen LogP contribution in [0.15, 0.2) is 0 Å². The summed E-state index contributed by atoms with van der Waals surface area (Å²) in [5, 5.41) is 21.8. The van der Waals surface area contributed by atoms with Crippen LogP contribution in [0.1, 0.15) is 57.8 Å². The van der Waals surface area contributed by atoms with Gasteiger partial charge in [-0.25, -0.2) is 0 Å². The Bertz CT molecular complexity index is 250. The zero-order valence-electron chi connectivity index (χ0n) is 9.78. The van der Waals surface area contributed by atoms with Crippen LogP contribution >= 0.6 is 0 Å². The minimum Gasteiger partial charge on any atom is -0.550 e. The van der Waals surface area contributed by atoms with E-state index in [1.54, 1.807) is 0 Å². The van der Waals surface area contributed by atoms with Gasteiger partial charge in [0.15, 0.2) is 0 Å². The van der Waals surface area contributed by atoms with Crippen molar-refractivity contribution in [1.82, 2.24) is 0 Å². The number of aliphatic carboxylic acids is 1. The number of carboxylic acids is 1. The summed E-state index contributed by atoms with van der Waals surface area (Å²) in [7, 11) is 0. The molecule has 2 saturated carbocycles. The standard InChI is InChI=1S/C13H22O3/c14-12(15)11(10-6-2-1-3-7-10)13(16)8-4-5-9-13/h10-11,16H,1-9H2,(H,14,15)/p-1/t11-/m1/s1. The van der Waals surface area contributed by atoms with Crippen LogP contribution in [-0.4, -0.2) is 16.7 Å². The first-order chi connectivity index (χ1) is 7.63. The zero-order chi connectivity index (χ0) is 11.6. The summed E-state index contributed by atoms with van der Waals surface area (Å²) in [6, 6.07) is 0. The first kappa shape index (κ1) is 11.9. The van der Waals surface area contributed by atoms with Crippen LogP contribution in [0.2, 0.25) is 0 Å². The Morgan fingerprint density at radius 3 is 2.19 bits per heavy atom. The molecule has 1 N–H and O–H groups in total. The maximum absolute atomic E-state index is 11.3. The van der Waals surface area contributed by atoms with Crippen molar-refractivity contribution in [2.75, 3.05) is 0 Å². The second-order valence-corrected chi connectivity index (χ2v) is 5.51. The number of carbonyl (C=O) groups excluding carboxylic acids is 1. The third kappa shape index (κ3) is 2.24. The molecule has 0 aromatic carbocycles. The lowest BCUT2D eigenvalue weighted by atomic mass is 9.71. The molecule has 92 valence electrons. The van der Waals surface area contributed by atoms with Gasteiger partial charge in [0.1, 0.15) is 0 Å². The first-order valence-corrected chi connectivity index (χ1v) is 6.57. The van der Waals surface area contributed by atoms with Crippen LogP contribution in [0.5, 0.6) is 0 Å². The Hall–Kier alpha value is -0.570. The lowest BCUT2D eigenvalue weighted by molar-refractivity contribution is -0.320. The van der Waals surface area contributed by atoms with Crippen LogP contribution in [0, 0.1) is 11.8 Å². The number of carbonyl (C=O) groups is 1. The van der Waals surface area contributed by atoms with Crippen LogP contribution in [0.4, 0.5) is 0 Å². The van der Waals surface area contributed by atoms with Crippen molar-refractivity contribution in [1.29, 1.82) is 0 Å². The molecule has 16 heavy (non-hydrogen) atoms. The van der Waals surface area contributed by atoms with Gasteiger partial charge >= 0.3 is 0 Å². The fourth-order valence-corrected chi connectivity index (χ4v) is 3.62. The maximum Gasteiger partial charge on any atom is 0.0730 e. The summed E-state index contributed by atoms with van der Waals surface area (Å²) >= 11 is 0. The van der Waals surface area contributed by atoms with E-state index in [2.05, 4.69) is 0 Å². The fraction of sp³-hybridized carbons (Fsp3) is 0.923. The highest BCUT2D eigenvalue weighted by Gasteiger charge is 2.44. The summed E-state index contributed by atoms with van der Waals surface area (Å²) in [4.78, 5) is 11.3. The molecule has 2 aliphatic rings. The van der Waals surface area contributed by atoms with Crippen molar-refractivity contribution in [3.05, 3.63) is 0 Å². The highest BCUT2D eigenvalue weighted by Crippen LogP contribution is 2.43. The van der Waals surface area contributed by atoms with E-state index in [0.717, 1.165) is 38.5 Å². The fourth-order valence-electron chi connectivity index (χ4n) is 3.62. The Kier molecular flexibility index (Phi) is 3.53. The highest BCUT2D eigenvalue weighted by molar-refractivity contribution is 5.69. The van der Waals surface area contributed by atoms with E-state index < -0.39 is 17.5 Å². The first-order valence-electron chi connectivity index (χ1n) is 6.57. The second kappa shape index (κ2) is 4.74. The monoisotopic (exact) mass is 225 g/mol. The van der Waals surface area contributed by atoms with E-state index in [9.17, 15) is 15.0 Å². The van der Waals surface area contributed by atoms with Gasteiger partial charge in [0.25, 0.3) is 0 Å². The largest absolute Gasteiger partial charge is 0.550 e. The van der Waals surface area contributed by atoms with Crippen molar-refractivity contribution in [2.45, 2.75) is 63.4 Å². The number of hydrogen-bond donors (Lipinski definition) is 1. The summed E-state index contributed by atoms with van der Waals surface area (Å²) in [5.74, 6) is -1.52. The van der Waals surface area contributed by atoms with Gasteiger partial charge in [0, 0.05) is 11.9 Å². The summed E-state index contributed by atoms with van der Waals surface area (Å²) < 4.78 is 0. The van der Waals surface area contributed by atoms with Crippen LogP contribution in [0.3, 0.4) is 0 Å². The number of hydrogen-bond acceptors (Lipinski definition) is 3. The molecule has 1 atom stereocenters. The van der Waals surface area contributed by atoms with Gasteiger partial charge in [0.2, 0.25) is 0 Å². The molecule has 3 nitrogen and oxygen atoms in total. The minimum atomic E-state index is -1.03. The molecule has 0 saturated heterocycles. The van der Waals surface area contributed by atoms with Gasteiger partial charge in [-0.15, -0.1) is 0 Å². The molecule has 0 unspecified atom stereocenters. The predicted octanol–water partition coefficient (Wildman–Crippen LogP) is 1.24. The average molecular weight is 225 g/mol. The topological polar surface area (TPSA) is 60.4 Å². The van der Waals surface area contributed by atoms with E-state index in [4.69, 9.17) is 0 Å². The Morgan fingerprint density at radius 2 is 1.69 bits per heavy atom. The molecule has 3 heteroatoms. The Labute approximate surface area is 96.9 Å². The van der Waals surface area contributed by atoms with Crippen LogP contribution in [0.25, 0.3) is 0 Å². The van der Waals surface area contributed by atoms with Gasteiger partial charge in [-0.05, 0) is 31.6 Å². The molecule has 0 aromatic heterocycles. The molecule has 2 rings (SSSR count). The molecular weight excluding hydrogens is 204 g/mol. The van der Waals surface area contributed by atoms with Crippen molar-refractivity contribution in [3.63, 3.8) is 0 Å². The SMILES string of the molecule is O=C([O-])[C@@H](C1CCCCC1)C1(O)CCCC1. The van der Waals surface area contributed by atoms with E-state index >= 15 is 0 Å². The molecule has 0 aliphatic heterocycles. The predicted molar refractivity (Wildman–Crippen MR) is 58.5 cm³/mol. The normalized spacial score (nSPS) is 27.8. The summed E-state index contributed by atoms with van der Waals surface area (Å²) in [6.07, 6.45) is 8.48. The van der Waals surface area contributed by atoms with Gasteiger partial charge in [-0.1, -0.05) is 32.1 Å². The van der Waals surface area contributed by atoms with Crippen molar-refractivity contribution in [3.8, 4) is 0 Å². The lowest BCUT2D eigenvalue weighted by Gasteiger charge is -2.40. The molecule has 0 bridgehead atoms. The molecule has 0 heterocycles. The third-order valence-corrected chi connectivity index (χ3v) is 4.42. The smallest absolute Gasteiger partial charge is 0.0730 e. The van der Waals surface area contributed by atoms with E-state index in [0.29, 0.717) is 12.8 Å².